The molecule has 4 rings (SSSR count). The number of hydrogen-bond donors (Lipinski definition) is 0. The molecule has 0 fully saturated rings. The smallest absolute Gasteiger partial charge is 0.343 e. The van der Waals surface area contributed by atoms with Crippen LogP contribution in [0.15, 0.2) is 66.4 Å². The normalized spacial score (nSPS) is 13.9. The zero-order chi connectivity index (χ0) is 20.5. The Hall–Kier alpha value is -2.79. The van der Waals surface area contributed by atoms with Crippen molar-refractivity contribution >= 4 is 52.6 Å². The van der Waals surface area contributed by atoms with E-state index in [1.165, 1.54) is 12.1 Å². The summed E-state index contributed by atoms with van der Waals surface area (Å²) in [6.45, 7) is 0. The molecule has 0 saturated heterocycles. The van der Waals surface area contributed by atoms with Crippen molar-refractivity contribution in [2.45, 2.75) is 0 Å². The Labute approximate surface area is 181 Å². The third-order valence-corrected chi connectivity index (χ3v) is 5.00. The number of hydrogen-bond acceptors (Lipinski definition) is 4. The molecule has 1 heterocycles. The van der Waals surface area contributed by atoms with Crippen molar-refractivity contribution < 1.29 is 19.1 Å². The fraction of sp³-hybridized carbons (Fsp3) is 0. The molecule has 0 bridgehead atoms. The Morgan fingerprint density at radius 3 is 2.34 bits per heavy atom. The van der Waals surface area contributed by atoms with Crippen LogP contribution in [0.5, 0.6) is 11.5 Å². The van der Waals surface area contributed by atoms with Gasteiger partial charge in [0.2, 0.25) is 5.78 Å². The lowest BCUT2D eigenvalue weighted by atomic mass is 10.1. The molecule has 0 saturated carbocycles. The van der Waals surface area contributed by atoms with Crippen LogP contribution in [0.2, 0.25) is 15.1 Å². The molecule has 1 aliphatic heterocycles. The molecule has 1 aliphatic rings. The minimum absolute atomic E-state index is 0.116. The summed E-state index contributed by atoms with van der Waals surface area (Å²) < 4.78 is 11.0. The van der Waals surface area contributed by atoms with Crippen LogP contribution in [-0.2, 0) is 0 Å². The summed E-state index contributed by atoms with van der Waals surface area (Å²) in [6, 6.07) is 15.8. The van der Waals surface area contributed by atoms with Gasteiger partial charge < -0.3 is 9.47 Å². The first-order valence-electron chi connectivity index (χ1n) is 8.42. The molecule has 0 radical (unpaired) electrons. The quantitative estimate of drug-likeness (QED) is 0.263. The Kier molecular flexibility index (Phi) is 5.33. The van der Waals surface area contributed by atoms with Gasteiger partial charge in [0.25, 0.3) is 0 Å². The van der Waals surface area contributed by atoms with Gasteiger partial charge in [-0.2, -0.15) is 0 Å². The number of esters is 1. The maximum atomic E-state index is 12.6. The second-order valence-electron chi connectivity index (χ2n) is 6.16. The molecule has 7 heteroatoms. The second-order valence-corrected chi connectivity index (χ2v) is 7.44. The molecule has 144 valence electrons. The fourth-order valence-corrected chi connectivity index (χ4v) is 3.33. The lowest BCUT2D eigenvalue weighted by Crippen LogP contribution is -2.08. The van der Waals surface area contributed by atoms with Gasteiger partial charge in [-0.15, -0.1) is 0 Å². The number of benzene rings is 3. The first-order valence-corrected chi connectivity index (χ1v) is 9.55. The molecule has 0 spiro atoms. The molecule has 0 atom stereocenters. The fourth-order valence-electron chi connectivity index (χ4n) is 2.74. The van der Waals surface area contributed by atoms with Crippen LogP contribution in [0.4, 0.5) is 0 Å². The summed E-state index contributed by atoms with van der Waals surface area (Å²) in [6.07, 6.45) is 1.54. The predicted octanol–water partition coefficient (Wildman–Crippen LogP) is 6.48. The summed E-state index contributed by atoms with van der Waals surface area (Å²) in [5.41, 5.74) is 1.32. The monoisotopic (exact) mass is 444 g/mol. The molecule has 0 unspecified atom stereocenters. The SMILES string of the molecule is O=C(Oc1ccc2c(c1)OC(=Cc1ccc(Cl)cc1Cl)C2=O)c1ccc(Cl)cc1. The highest BCUT2D eigenvalue weighted by Crippen LogP contribution is 2.36. The Bertz CT molecular complexity index is 1170. The highest BCUT2D eigenvalue weighted by atomic mass is 35.5. The maximum absolute atomic E-state index is 12.6. The van der Waals surface area contributed by atoms with Crippen molar-refractivity contribution in [3.05, 3.63) is 98.2 Å². The van der Waals surface area contributed by atoms with Gasteiger partial charge in [-0.05, 0) is 60.2 Å². The van der Waals surface area contributed by atoms with E-state index in [2.05, 4.69) is 0 Å². The lowest BCUT2D eigenvalue weighted by Gasteiger charge is -2.06. The van der Waals surface area contributed by atoms with Gasteiger partial charge in [-0.25, -0.2) is 4.79 Å². The first kappa shape index (κ1) is 19.5. The molecular formula is C22H11Cl3O4. The van der Waals surface area contributed by atoms with E-state index in [1.54, 1.807) is 54.6 Å². The average Bonchev–Trinajstić information content (AvgIpc) is 2.99. The largest absolute Gasteiger partial charge is 0.452 e. The van der Waals surface area contributed by atoms with E-state index in [0.29, 0.717) is 37.5 Å². The van der Waals surface area contributed by atoms with E-state index in [9.17, 15) is 9.59 Å². The van der Waals surface area contributed by atoms with Crippen LogP contribution in [0.3, 0.4) is 0 Å². The van der Waals surface area contributed by atoms with Gasteiger partial charge in [-0.3, -0.25) is 4.79 Å². The van der Waals surface area contributed by atoms with Crippen molar-refractivity contribution in [1.29, 1.82) is 0 Å². The number of allylic oxidation sites excluding steroid dienone is 1. The summed E-state index contributed by atoms with van der Waals surface area (Å²) >= 11 is 17.9. The average molecular weight is 446 g/mol. The van der Waals surface area contributed by atoms with Crippen LogP contribution in [0.25, 0.3) is 6.08 Å². The number of halogens is 3. The van der Waals surface area contributed by atoms with Crippen LogP contribution >= 0.6 is 34.8 Å². The van der Waals surface area contributed by atoms with E-state index in [4.69, 9.17) is 44.3 Å². The zero-order valence-corrected chi connectivity index (χ0v) is 16.9. The Morgan fingerprint density at radius 2 is 1.62 bits per heavy atom. The van der Waals surface area contributed by atoms with Crippen molar-refractivity contribution in [1.82, 2.24) is 0 Å². The van der Waals surface area contributed by atoms with Crippen molar-refractivity contribution in [3.8, 4) is 11.5 Å². The molecule has 3 aromatic rings. The first-order chi connectivity index (χ1) is 13.9. The molecule has 3 aromatic carbocycles. The topological polar surface area (TPSA) is 52.6 Å². The van der Waals surface area contributed by atoms with E-state index < -0.39 is 5.97 Å². The van der Waals surface area contributed by atoms with Crippen LogP contribution in [-0.4, -0.2) is 11.8 Å². The van der Waals surface area contributed by atoms with E-state index in [0.717, 1.165) is 0 Å². The second kappa shape index (κ2) is 7.91. The van der Waals surface area contributed by atoms with Gasteiger partial charge >= 0.3 is 5.97 Å². The summed E-state index contributed by atoms with van der Waals surface area (Å²) in [5, 5.41) is 1.41. The minimum Gasteiger partial charge on any atom is -0.452 e. The van der Waals surface area contributed by atoms with E-state index in [-0.39, 0.29) is 17.3 Å². The highest BCUT2D eigenvalue weighted by molar-refractivity contribution is 6.35. The minimum atomic E-state index is -0.547. The maximum Gasteiger partial charge on any atom is 0.343 e. The summed E-state index contributed by atoms with van der Waals surface area (Å²) in [7, 11) is 0. The van der Waals surface area contributed by atoms with Crippen LogP contribution in [0, 0.1) is 0 Å². The number of Topliss-reactive ketones (excluding diaryl/α,β-unsaturated/α-hetero) is 1. The molecule has 0 aliphatic carbocycles. The number of ether oxygens (including phenoxy) is 2. The third-order valence-electron chi connectivity index (χ3n) is 4.18. The number of fused-ring (bicyclic) bond motifs is 1. The molecule has 0 N–H and O–H groups in total. The van der Waals surface area contributed by atoms with Crippen LogP contribution in [0.1, 0.15) is 26.3 Å². The van der Waals surface area contributed by atoms with Crippen molar-refractivity contribution in [2.24, 2.45) is 0 Å². The highest BCUT2D eigenvalue weighted by Gasteiger charge is 2.28. The van der Waals surface area contributed by atoms with Gasteiger partial charge in [-0.1, -0.05) is 40.9 Å². The number of rotatable bonds is 3. The molecular weight excluding hydrogens is 435 g/mol. The molecule has 0 amide bonds. The number of ketones is 1. The van der Waals surface area contributed by atoms with Gasteiger partial charge in [0.05, 0.1) is 11.1 Å². The Balaban J connectivity index is 1.56. The van der Waals surface area contributed by atoms with E-state index in [1.807, 2.05) is 0 Å². The Morgan fingerprint density at radius 1 is 0.897 bits per heavy atom. The lowest BCUT2D eigenvalue weighted by molar-refractivity contribution is 0.0734. The van der Waals surface area contributed by atoms with Gasteiger partial charge in [0.15, 0.2) is 5.76 Å². The molecule has 29 heavy (non-hydrogen) atoms. The summed E-state index contributed by atoms with van der Waals surface area (Å²) in [4.78, 5) is 24.8. The summed E-state index contributed by atoms with van der Waals surface area (Å²) in [5.74, 6) is -0.170. The van der Waals surface area contributed by atoms with Gasteiger partial charge in [0, 0.05) is 21.1 Å². The van der Waals surface area contributed by atoms with Crippen molar-refractivity contribution in [3.63, 3.8) is 0 Å². The predicted molar refractivity (Wildman–Crippen MR) is 112 cm³/mol. The van der Waals surface area contributed by atoms with Crippen molar-refractivity contribution in [2.75, 3.05) is 0 Å². The third kappa shape index (κ3) is 4.15. The van der Waals surface area contributed by atoms with Crippen LogP contribution < -0.4 is 9.47 Å². The number of carbonyl (C=O) groups excluding carboxylic acids is 2. The molecule has 0 aromatic heterocycles. The molecule has 4 nitrogen and oxygen atoms in total. The standard InChI is InChI=1S/C22H11Cl3O4/c23-14-4-1-12(2-5-14)22(27)28-16-7-8-17-19(11-16)29-20(21(17)26)9-13-3-6-15(24)10-18(13)25/h1-11H. The van der Waals surface area contributed by atoms with Gasteiger partial charge in [0.1, 0.15) is 11.5 Å². The zero-order valence-electron chi connectivity index (χ0n) is 14.6. The van der Waals surface area contributed by atoms with E-state index >= 15 is 0 Å². The number of carbonyl (C=O) groups is 2.